The van der Waals surface area contributed by atoms with Gasteiger partial charge in [0.05, 0.1) is 18.1 Å². The normalized spacial score (nSPS) is 16.6. The fourth-order valence-electron chi connectivity index (χ4n) is 2.56. The van der Waals surface area contributed by atoms with Crippen molar-refractivity contribution in [3.63, 3.8) is 0 Å². The number of benzene rings is 1. The van der Waals surface area contributed by atoms with Crippen LogP contribution in [0.4, 0.5) is 0 Å². The van der Waals surface area contributed by atoms with Crippen LogP contribution in [0.3, 0.4) is 0 Å². The number of esters is 1. The highest BCUT2D eigenvalue weighted by Crippen LogP contribution is 2.38. The maximum atomic E-state index is 12.7. The van der Waals surface area contributed by atoms with Gasteiger partial charge in [-0.25, -0.2) is 4.79 Å². The van der Waals surface area contributed by atoms with E-state index in [1.165, 1.54) is 11.8 Å². The van der Waals surface area contributed by atoms with E-state index < -0.39 is 5.97 Å². The minimum atomic E-state index is -0.451. The fraction of sp³-hybridized carbons (Fsp3) is 0.450. The first-order chi connectivity index (χ1) is 13.9. The molecular formula is C20H25BrN2O5S. The Kier molecular flexibility index (Phi) is 9.03. The number of aliphatic imine (C=N–C) groups is 1. The molecule has 1 amide bonds. The second kappa shape index (κ2) is 11.3. The Balaban J connectivity index is 2.32. The first kappa shape index (κ1) is 23.3. The van der Waals surface area contributed by atoms with Gasteiger partial charge >= 0.3 is 5.97 Å². The Morgan fingerprint density at radius 2 is 1.90 bits per heavy atom. The molecule has 0 aliphatic carbocycles. The second-order valence-electron chi connectivity index (χ2n) is 5.76. The molecule has 0 atom stereocenters. The SMILES string of the molecule is CCN=C1S/C(=C\c2cc(OCC)c(OCC(=O)OCC)cc2Br)C(=O)N1CC. The Labute approximate surface area is 183 Å². The maximum absolute atomic E-state index is 12.7. The lowest BCUT2D eigenvalue weighted by atomic mass is 10.2. The van der Waals surface area contributed by atoms with Gasteiger partial charge in [0.1, 0.15) is 0 Å². The minimum Gasteiger partial charge on any atom is -0.490 e. The number of rotatable bonds is 9. The maximum Gasteiger partial charge on any atom is 0.344 e. The van der Waals surface area contributed by atoms with Crippen molar-refractivity contribution in [1.29, 1.82) is 0 Å². The van der Waals surface area contributed by atoms with Gasteiger partial charge < -0.3 is 14.2 Å². The lowest BCUT2D eigenvalue weighted by molar-refractivity contribution is -0.145. The Morgan fingerprint density at radius 1 is 1.17 bits per heavy atom. The highest BCUT2D eigenvalue weighted by molar-refractivity contribution is 9.10. The summed E-state index contributed by atoms with van der Waals surface area (Å²) >= 11 is 4.87. The summed E-state index contributed by atoms with van der Waals surface area (Å²) in [4.78, 5) is 30.9. The van der Waals surface area contributed by atoms with Gasteiger partial charge in [-0.3, -0.25) is 14.7 Å². The van der Waals surface area contributed by atoms with Crippen molar-refractivity contribution in [1.82, 2.24) is 4.90 Å². The molecule has 1 saturated heterocycles. The molecule has 1 aliphatic heterocycles. The van der Waals surface area contributed by atoms with Gasteiger partial charge in [0.15, 0.2) is 23.3 Å². The van der Waals surface area contributed by atoms with E-state index in [1.807, 2.05) is 20.8 Å². The average Bonchev–Trinajstić information content (AvgIpc) is 2.98. The standard InChI is InChI=1S/C20H25BrN2O5S/c1-5-22-20-23(6-2)19(25)17(29-20)10-13-9-15(26-7-3)16(11-14(13)21)28-12-18(24)27-8-4/h9-11H,5-8,12H2,1-4H3/b17-10-,22-20?. The highest BCUT2D eigenvalue weighted by atomic mass is 79.9. The number of nitrogens with zero attached hydrogens (tertiary/aromatic N) is 2. The van der Waals surface area contributed by atoms with Gasteiger partial charge in [-0.15, -0.1) is 0 Å². The predicted octanol–water partition coefficient (Wildman–Crippen LogP) is 4.10. The lowest BCUT2D eigenvalue weighted by Gasteiger charge is -2.14. The molecule has 9 heteroatoms. The summed E-state index contributed by atoms with van der Waals surface area (Å²) in [5, 5.41) is 0.710. The number of amidine groups is 1. The minimum absolute atomic E-state index is 0.0720. The van der Waals surface area contributed by atoms with E-state index in [1.54, 1.807) is 30.0 Å². The average molecular weight is 485 g/mol. The monoisotopic (exact) mass is 484 g/mol. The number of amides is 1. The van der Waals surface area contributed by atoms with E-state index in [4.69, 9.17) is 14.2 Å². The van der Waals surface area contributed by atoms with Crippen molar-refractivity contribution in [3.8, 4) is 11.5 Å². The van der Waals surface area contributed by atoms with Crippen molar-refractivity contribution in [2.24, 2.45) is 4.99 Å². The molecule has 158 valence electrons. The topological polar surface area (TPSA) is 77.4 Å². The lowest BCUT2D eigenvalue weighted by Crippen LogP contribution is -2.28. The molecule has 0 radical (unpaired) electrons. The Bertz CT molecular complexity index is 825. The molecule has 2 rings (SSSR count). The Hall–Kier alpha value is -2.00. The first-order valence-corrected chi connectivity index (χ1v) is 11.1. The molecule has 1 fully saturated rings. The highest BCUT2D eigenvalue weighted by Gasteiger charge is 2.32. The van der Waals surface area contributed by atoms with E-state index in [9.17, 15) is 9.59 Å². The van der Waals surface area contributed by atoms with E-state index in [2.05, 4.69) is 20.9 Å². The first-order valence-electron chi connectivity index (χ1n) is 9.45. The van der Waals surface area contributed by atoms with Gasteiger partial charge in [-0.05, 0) is 63.2 Å². The second-order valence-corrected chi connectivity index (χ2v) is 7.63. The quantitative estimate of drug-likeness (QED) is 0.387. The van der Waals surface area contributed by atoms with Crippen LogP contribution in [-0.2, 0) is 14.3 Å². The van der Waals surface area contributed by atoms with E-state index in [-0.39, 0.29) is 12.5 Å². The largest absolute Gasteiger partial charge is 0.490 e. The number of ether oxygens (including phenoxy) is 3. The van der Waals surface area contributed by atoms with Gasteiger partial charge in [0, 0.05) is 17.6 Å². The molecule has 1 heterocycles. The van der Waals surface area contributed by atoms with Crippen molar-refractivity contribution in [2.75, 3.05) is 32.9 Å². The number of hydrogen-bond acceptors (Lipinski definition) is 7. The molecule has 1 aromatic carbocycles. The number of hydrogen-bond donors (Lipinski definition) is 0. The molecule has 0 aromatic heterocycles. The van der Waals surface area contributed by atoms with E-state index >= 15 is 0 Å². The number of likely N-dealkylation sites (N-methyl/N-ethyl adjacent to an activating group) is 1. The van der Waals surface area contributed by atoms with Crippen molar-refractivity contribution in [2.45, 2.75) is 27.7 Å². The zero-order valence-corrected chi connectivity index (χ0v) is 19.4. The van der Waals surface area contributed by atoms with Crippen LogP contribution in [0.1, 0.15) is 33.3 Å². The van der Waals surface area contributed by atoms with E-state index in [0.29, 0.717) is 52.3 Å². The van der Waals surface area contributed by atoms with Crippen LogP contribution >= 0.6 is 27.7 Å². The van der Waals surface area contributed by atoms with Crippen LogP contribution in [0, 0.1) is 0 Å². The number of carbonyl (C=O) groups is 2. The molecule has 0 unspecified atom stereocenters. The van der Waals surface area contributed by atoms with Crippen LogP contribution in [0.2, 0.25) is 0 Å². The number of carbonyl (C=O) groups excluding carboxylic acids is 2. The summed E-state index contributed by atoms with van der Waals surface area (Å²) in [6, 6.07) is 3.50. The van der Waals surface area contributed by atoms with Gasteiger partial charge in [0.25, 0.3) is 5.91 Å². The smallest absolute Gasteiger partial charge is 0.344 e. The molecule has 7 nitrogen and oxygen atoms in total. The summed E-state index contributed by atoms with van der Waals surface area (Å²) in [5.41, 5.74) is 0.765. The van der Waals surface area contributed by atoms with Crippen LogP contribution in [-0.4, -0.2) is 54.9 Å². The molecule has 0 N–H and O–H groups in total. The summed E-state index contributed by atoms with van der Waals surface area (Å²) in [6.07, 6.45) is 1.80. The third-order valence-electron chi connectivity index (χ3n) is 3.80. The summed E-state index contributed by atoms with van der Waals surface area (Å²) in [7, 11) is 0. The van der Waals surface area contributed by atoms with Crippen LogP contribution < -0.4 is 9.47 Å². The molecule has 1 aromatic rings. The zero-order chi connectivity index (χ0) is 21.4. The van der Waals surface area contributed by atoms with Crippen molar-refractivity contribution < 1.29 is 23.8 Å². The molecule has 1 aliphatic rings. The van der Waals surface area contributed by atoms with Crippen LogP contribution in [0.25, 0.3) is 6.08 Å². The third-order valence-corrected chi connectivity index (χ3v) is 5.53. The summed E-state index contributed by atoms with van der Waals surface area (Å²) < 4.78 is 16.8. The van der Waals surface area contributed by atoms with Gasteiger partial charge in [0.2, 0.25) is 0 Å². The van der Waals surface area contributed by atoms with Gasteiger partial charge in [-0.1, -0.05) is 15.9 Å². The Morgan fingerprint density at radius 3 is 2.52 bits per heavy atom. The zero-order valence-electron chi connectivity index (χ0n) is 17.0. The van der Waals surface area contributed by atoms with Crippen molar-refractivity contribution in [3.05, 3.63) is 27.1 Å². The van der Waals surface area contributed by atoms with E-state index in [0.717, 1.165) is 5.56 Å². The molecule has 0 saturated carbocycles. The summed E-state index contributed by atoms with van der Waals surface area (Å²) in [6.45, 7) is 9.15. The molecular weight excluding hydrogens is 460 g/mol. The fourth-order valence-corrected chi connectivity index (χ4v) is 4.10. The molecule has 29 heavy (non-hydrogen) atoms. The van der Waals surface area contributed by atoms with Crippen LogP contribution in [0.5, 0.6) is 11.5 Å². The molecule has 0 spiro atoms. The number of thioether (sulfide) groups is 1. The number of halogens is 1. The third kappa shape index (κ3) is 5.99. The van der Waals surface area contributed by atoms with Crippen molar-refractivity contribution >= 4 is 50.8 Å². The summed E-state index contributed by atoms with van der Waals surface area (Å²) in [5.74, 6) is 0.379. The molecule has 0 bridgehead atoms. The van der Waals surface area contributed by atoms with Crippen LogP contribution in [0.15, 0.2) is 26.5 Å². The predicted molar refractivity (Wildman–Crippen MR) is 118 cm³/mol. The van der Waals surface area contributed by atoms with Gasteiger partial charge in [-0.2, -0.15) is 0 Å².